The maximum atomic E-state index is 10.7. The van der Waals surface area contributed by atoms with E-state index in [9.17, 15) is 9.90 Å². The van der Waals surface area contributed by atoms with Gasteiger partial charge in [-0.1, -0.05) is 19.9 Å². The Bertz CT molecular complexity index is 317. The Morgan fingerprint density at radius 1 is 1.67 bits per heavy atom. The Labute approximate surface area is 90.1 Å². The summed E-state index contributed by atoms with van der Waals surface area (Å²) in [6.45, 7) is 6.10. The van der Waals surface area contributed by atoms with E-state index < -0.39 is 0 Å². The van der Waals surface area contributed by atoms with E-state index in [2.05, 4.69) is 13.8 Å². The fourth-order valence-corrected chi connectivity index (χ4v) is 2.95. The maximum Gasteiger partial charge on any atom is 0.302 e. The number of hydrogen-bond acceptors (Lipinski definition) is 3. The van der Waals surface area contributed by atoms with Crippen molar-refractivity contribution < 1.29 is 14.6 Å². The normalized spacial score (nSPS) is 36.5. The third-order valence-corrected chi connectivity index (χ3v) is 4.03. The van der Waals surface area contributed by atoms with Gasteiger partial charge in [0.15, 0.2) is 0 Å². The van der Waals surface area contributed by atoms with Gasteiger partial charge in [0, 0.05) is 6.92 Å². The molecule has 0 aromatic rings. The van der Waals surface area contributed by atoms with Crippen molar-refractivity contribution in [3.8, 4) is 0 Å². The molecule has 0 aliphatic heterocycles. The van der Waals surface area contributed by atoms with Gasteiger partial charge >= 0.3 is 5.97 Å². The highest BCUT2D eigenvalue weighted by Gasteiger charge is 2.54. The summed E-state index contributed by atoms with van der Waals surface area (Å²) in [6, 6.07) is 0. The van der Waals surface area contributed by atoms with Crippen molar-refractivity contribution >= 4 is 5.97 Å². The number of fused-ring (bicyclic) bond motifs is 1. The molecule has 0 spiro atoms. The van der Waals surface area contributed by atoms with Crippen molar-refractivity contribution in [2.45, 2.75) is 33.3 Å². The molecule has 3 aliphatic carbocycles. The van der Waals surface area contributed by atoms with Crippen LogP contribution in [0, 0.1) is 17.3 Å². The summed E-state index contributed by atoms with van der Waals surface area (Å²) in [5.74, 6) is 0.596. The number of ether oxygens (including phenoxy) is 1. The van der Waals surface area contributed by atoms with Crippen molar-refractivity contribution in [3.05, 3.63) is 11.6 Å². The number of rotatable bonds is 2. The van der Waals surface area contributed by atoms with Crippen LogP contribution in [0.25, 0.3) is 0 Å². The number of esters is 1. The molecule has 0 heterocycles. The summed E-state index contributed by atoms with van der Waals surface area (Å²) in [5, 5.41) is 9.87. The summed E-state index contributed by atoms with van der Waals surface area (Å²) in [4.78, 5) is 10.7. The summed E-state index contributed by atoms with van der Waals surface area (Å²) < 4.78 is 5.00. The lowest BCUT2D eigenvalue weighted by atomic mass is 9.48. The first-order chi connectivity index (χ1) is 6.93. The monoisotopic (exact) mass is 210 g/mol. The van der Waals surface area contributed by atoms with E-state index in [4.69, 9.17) is 4.74 Å². The number of carbonyl (C=O) groups is 1. The molecule has 3 heteroatoms. The van der Waals surface area contributed by atoms with Gasteiger partial charge in [0.25, 0.3) is 0 Å². The molecular weight excluding hydrogens is 192 g/mol. The van der Waals surface area contributed by atoms with Crippen molar-refractivity contribution in [1.82, 2.24) is 0 Å². The zero-order valence-electron chi connectivity index (χ0n) is 9.49. The zero-order valence-corrected chi connectivity index (χ0v) is 9.49. The van der Waals surface area contributed by atoms with Crippen LogP contribution in [-0.2, 0) is 9.53 Å². The second-order valence-electron chi connectivity index (χ2n) is 5.23. The maximum absolute atomic E-state index is 10.7. The van der Waals surface area contributed by atoms with E-state index in [0.29, 0.717) is 18.4 Å². The average Bonchev–Trinajstić information content (AvgIpc) is 2.13. The van der Waals surface area contributed by atoms with Crippen molar-refractivity contribution in [3.63, 3.8) is 0 Å². The summed E-state index contributed by atoms with van der Waals surface area (Å²) in [6.07, 6.45) is 2.53. The Morgan fingerprint density at radius 3 is 2.80 bits per heavy atom. The zero-order chi connectivity index (χ0) is 11.2. The van der Waals surface area contributed by atoms with E-state index in [1.807, 2.05) is 6.08 Å². The Balaban J connectivity index is 2.09. The number of aliphatic hydroxyl groups excluding tert-OH is 1. The highest BCUT2D eigenvalue weighted by Crippen LogP contribution is 2.59. The molecule has 1 fully saturated rings. The van der Waals surface area contributed by atoms with Gasteiger partial charge in [0.05, 0.1) is 6.10 Å². The van der Waals surface area contributed by atoms with Crippen LogP contribution in [-0.4, -0.2) is 23.8 Å². The Kier molecular flexibility index (Phi) is 2.38. The number of hydrogen-bond donors (Lipinski definition) is 1. The first-order valence-corrected chi connectivity index (χ1v) is 5.45. The van der Waals surface area contributed by atoms with Gasteiger partial charge in [-0.2, -0.15) is 0 Å². The van der Waals surface area contributed by atoms with Crippen LogP contribution in [0.5, 0.6) is 0 Å². The Hall–Kier alpha value is -0.830. The first kappa shape index (κ1) is 10.7. The third kappa shape index (κ3) is 1.59. The highest BCUT2D eigenvalue weighted by molar-refractivity contribution is 5.66. The molecule has 0 radical (unpaired) electrons. The highest BCUT2D eigenvalue weighted by atomic mass is 16.5. The van der Waals surface area contributed by atoms with Gasteiger partial charge in [-0.15, -0.1) is 0 Å². The largest absolute Gasteiger partial charge is 0.461 e. The molecule has 15 heavy (non-hydrogen) atoms. The van der Waals surface area contributed by atoms with E-state index in [0.717, 1.165) is 12.0 Å². The van der Waals surface area contributed by atoms with Crippen LogP contribution in [0.2, 0.25) is 0 Å². The lowest BCUT2D eigenvalue weighted by Gasteiger charge is -2.58. The van der Waals surface area contributed by atoms with Gasteiger partial charge < -0.3 is 9.84 Å². The lowest BCUT2D eigenvalue weighted by Crippen LogP contribution is -2.54. The predicted molar refractivity (Wildman–Crippen MR) is 56.1 cm³/mol. The lowest BCUT2D eigenvalue weighted by molar-refractivity contribution is -0.141. The van der Waals surface area contributed by atoms with E-state index in [-0.39, 0.29) is 17.5 Å². The van der Waals surface area contributed by atoms with Crippen LogP contribution in [0.15, 0.2) is 11.6 Å². The smallest absolute Gasteiger partial charge is 0.302 e. The molecule has 84 valence electrons. The second kappa shape index (κ2) is 3.34. The first-order valence-electron chi connectivity index (χ1n) is 5.45. The average molecular weight is 210 g/mol. The molecule has 0 amide bonds. The fraction of sp³-hybridized carbons (Fsp3) is 0.750. The quantitative estimate of drug-likeness (QED) is 0.555. The predicted octanol–water partition coefficient (Wildman–Crippen LogP) is 1.51. The topological polar surface area (TPSA) is 46.5 Å². The van der Waals surface area contributed by atoms with Crippen LogP contribution in [0.1, 0.15) is 27.2 Å². The third-order valence-electron chi connectivity index (χ3n) is 4.03. The SMILES string of the molecule is CC(=O)OCC1=CC(O)[C@H]2C[C@@H]1C2(C)C. The molecule has 0 aromatic heterocycles. The Morgan fingerprint density at radius 2 is 2.33 bits per heavy atom. The molecule has 2 bridgehead atoms. The number of carbonyl (C=O) groups excluding carboxylic acids is 1. The molecule has 3 nitrogen and oxygen atoms in total. The summed E-state index contributed by atoms with van der Waals surface area (Å²) in [5.41, 5.74) is 1.24. The van der Waals surface area contributed by atoms with Gasteiger partial charge in [-0.25, -0.2) is 0 Å². The summed E-state index contributed by atoms with van der Waals surface area (Å²) in [7, 11) is 0. The second-order valence-corrected chi connectivity index (χ2v) is 5.23. The van der Waals surface area contributed by atoms with E-state index in [1.54, 1.807) is 0 Å². The molecule has 3 aliphatic rings. The minimum Gasteiger partial charge on any atom is -0.461 e. The van der Waals surface area contributed by atoms with Crippen LogP contribution in [0.3, 0.4) is 0 Å². The van der Waals surface area contributed by atoms with Crippen LogP contribution < -0.4 is 0 Å². The number of aliphatic hydroxyl groups is 1. The molecule has 1 N–H and O–H groups in total. The molecular formula is C12H18O3. The van der Waals surface area contributed by atoms with Crippen molar-refractivity contribution in [2.24, 2.45) is 17.3 Å². The van der Waals surface area contributed by atoms with Gasteiger partial charge in [-0.05, 0) is 29.2 Å². The van der Waals surface area contributed by atoms with Gasteiger partial charge in [-0.3, -0.25) is 4.79 Å². The van der Waals surface area contributed by atoms with E-state index in [1.165, 1.54) is 6.92 Å². The van der Waals surface area contributed by atoms with Crippen LogP contribution in [0.4, 0.5) is 0 Å². The molecule has 1 unspecified atom stereocenters. The minimum atomic E-state index is -0.365. The van der Waals surface area contributed by atoms with Gasteiger partial charge in [0.2, 0.25) is 0 Å². The van der Waals surface area contributed by atoms with Crippen molar-refractivity contribution in [1.29, 1.82) is 0 Å². The van der Waals surface area contributed by atoms with Crippen molar-refractivity contribution in [2.75, 3.05) is 6.61 Å². The van der Waals surface area contributed by atoms with E-state index >= 15 is 0 Å². The molecule has 3 atom stereocenters. The standard InChI is InChI=1S/C12H18O3/c1-7(13)15-6-8-4-11(14)10-5-9(8)12(10,2)3/h4,9-11,14H,5-6H2,1-3H3/t9-,10+,11?/m0/s1. The molecule has 0 aromatic carbocycles. The molecule has 3 rings (SSSR count). The van der Waals surface area contributed by atoms with Gasteiger partial charge in [0.1, 0.15) is 6.61 Å². The summed E-state index contributed by atoms with van der Waals surface area (Å²) >= 11 is 0. The van der Waals surface area contributed by atoms with Crippen LogP contribution >= 0.6 is 0 Å². The fourth-order valence-electron chi connectivity index (χ4n) is 2.95. The minimum absolute atomic E-state index is 0.156. The molecule has 0 saturated heterocycles. The molecule has 1 saturated carbocycles.